The molecule has 3 aromatic rings. The van der Waals surface area contributed by atoms with Crippen molar-refractivity contribution in [1.29, 1.82) is 0 Å². The molecule has 1 N–H and O–H groups in total. The van der Waals surface area contributed by atoms with Gasteiger partial charge in [-0.1, -0.05) is 24.3 Å². The van der Waals surface area contributed by atoms with E-state index in [4.69, 9.17) is 4.74 Å². The maximum absolute atomic E-state index is 5.23. The third-order valence-corrected chi connectivity index (χ3v) is 3.29. The van der Waals surface area contributed by atoms with Gasteiger partial charge < -0.3 is 10.1 Å². The van der Waals surface area contributed by atoms with E-state index in [1.165, 1.54) is 10.9 Å². The summed E-state index contributed by atoms with van der Waals surface area (Å²) in [6, 6.07) is 18.2. The Morgan fingerprint density at radius 2 is 1.95 bits per heavy atom. The summed E-state index contributed by atoms with van der Waals surface area (Å²) in [4.78, 5) is 4.38. The fourth-order valence-corrected chi connectivity index (χ4v) is 2.24. The van der Waals surface area contributed by atoms with Crippen molar-refractivity contribution in [3.05, 3.63) is 66.4 Å². The first kappa shape index (κ1) is 12.5. The van der Waals surface area contributed by atoms with Crippen LogP contribution in [0.3, 0.4) is 0 Å². The Labute approximate surface area is 118 Å². The Hall–Kier alpha value is -2.55. The molecule has 3 nitrogen and oxygen atoms in total. The molecule has 3 heteroatoms. The summed E-state index contributed by atoms with van der Waals surface area (Å²) in [5.74, 6) is 0.856. The zero-order valence-electron chi connectivity index (χ0n) is 11.3. The smallest absolute Gasteiger partial charge is 0.120 e. The maximum Gasteiger partial charge on any atom is 0.120 e. The number of ether oxygens (including phenoxy) is 1. The molecule has 0 fully saturated rings. The summed E-state index contributed by atoms with van der Waals surface area (Å²) in [6.45, 7) is 0.760. The summed E-state index contributed by atoms with van der Waals surface area (Å²) in [5.41, 5.74) is 3.31. The van der Waals surface area contributed by atoms with E-state index in [9.17, 15) is 0 Å². The van der Waals surface area contributed by atoms with E-state index in [2.05, 4.69) is 22.4 Å². The Morgan fingerprint density at radius 3 is 2.85 bits per heavy atom. The molecule has 0 aliphatic rings. The maximum atomic E-state index is 5.23. The van der Waals surface area contributed by atoms with Crippen LogP contribution in [0.1, 0.15) is 5.56 Å². The minimum Gasteiger partial charge on any atom is -0.497 e. The lowest BCUT2D eigenvalue weighted by molar-refractivity contribution is 0.415. The van der Waals surface area contributed by atoms with Crippen molar-refractivity contribution in [3.8, 4) is 5.75 Å². The molecule has 1 aromatic heterocycles. The number of aromatic nitrogens is 1. The van der Waals surface area contributed by atoms with E-state index < -0.39 is 0 Å². The lowest BCUT2D eigenvalue weighted by Crippen LogP contribution is -2.00. The van der Waals surface area contributed by atoms with Crippen LogP contribution in [0, 0.1) is 0 Å². The summed E-state index contributed by atoms with van der Waals surface area (Å²) in [7, 11) is 1.68. The van der Waals surface area contributed by atoms with Crippen LogP contribution in [0.5, 0.6) is 5.75 Å². The van der Waals surface area contributed by atoms with Crippen LogP contribution in [0.25, 0.3) is 10.9 Å². The van der Waals surface area contributed by atoms with E-state index >= 15 is 0 Å². The molecule has 0 aliphatic carbocycles. The van der Waals surface area contributed by atoms with Gasteiger partial charge in [-0.15, -0.1) is 0 Å². The average Bonchev–Trinajstić information content (AvgIpc) is 2.53. The van der Waals surface area contributed by atoms with Crippen LogP contribution in [-0.4, -0.2) is 12.1 Å². The van der Waals surface area contributed by atoms with Crippen LogP contribution >= 0.6 is 0 Å². The molecule has 0 atom stereocenters. The Morgan fingerprint density at radius 1 is 1.05 bits per heavy atom. The molecule has 0 bridgehead atoms. The van der Waals surface area contributed by atoms with Gasteiger partial charge in [-0.25, -0.2) is 0 Å². The molecule has 0 spiro atoms. The molecule has 0 unspecified atom stereocenters. The summed E-state index contributed by atoms with van der Waals surface area (Å²) in [5, 5.41) is 4.61. The third kappa shape index (κ3) is 2.57. The number of hydrogen-bond acceptors (Lipinski definition) is 3. The number of nitrogens with zero attached hydrogens (tertiary/aromatic N) is 1. The van der Waals surface area contributed by atoms with Crippen molar-refractivity contribution in [2.75, 3.05) is 12.4 Å². The van der Waals surface area contributed by atoms with Crippen molar-refractivity contribution in [3.63, 3.8) is 0 Å². The topological polar surface area (TPSA) is 34.1 Å². The van der Waals surface area contributed by atoms with Gasteiger partial charge in [-0.3, -0.25) is 4.98 Å². The first-order chi connectivity index (χ1) is 9.86. The SMILES string of the molecule is COc1cccc(NCc2ccnc3ccccc23)c1. The minimum absolute atomic E-state index is 0.760. The quantitative estimate of drug-likeness (QED) is 0.777. The highest BCUT2D eigenvalue weighted by Crippen LogP contribution is 2.20. The van der Waals surface area contributed by atoms with Gasteiger partial charge in [0.05, 0.1) is 12.6 Å². The van der Waals surface area contributed by atoms with Crippen LogP contribution in [0.15, 0.2) is 60.8 Å². The lowest BCUT2D eigenvalue weighted by Gasteiger charge is -2.10. The highest BCUT2D eigenvalue weighted by molar-refractivity contribution is 5.82. The second-order valence-corrected chi connectivity index (χ2v) is 4.57. The highest BCUT2D eigenvalue weighted by atomic mass is 16.5. The number of pyridine rings is 1. The Balaban J connectivity index is 1.83. The Bertz CT molecular complexity index is 720. The summed E-state index contributed by atoms with van der Waals surface area (Å²) < 4.78 is 5.23. The van der Waals surface area contributed by atoms with E-state index in [0.29, 0.717) is 0 Å². The van der Waals surface area contributed by atoms with Crippen LogP contribution in [0.2, 0.25) is 0 Å². The van der Waals surface area contributed by atoms with Gasteiger partial charge in [-0.2, -0.15) is 0 Å². The number of hydrogen-bond donors (Lipinski definition) is 1. The second-order valence-electron chi connectivity index (χ2n) is 4.57. The van der Waals surface area contributed by atoms with Crippen LogP contribution < -0.4 is 10.1 Å². The molecule has 3 rings (SSSR count). The van der Waals surface area contributed by atoms with Crippen molar-refractivity contribution in [1.82, 2.24) is 4.98 Å². The zero-order chi connectivity index (χ0) is 13.8. The largest absolute Gasteiger partial charge is 0.497 e. The average molecular weight is 264 g/mol. The number of benzene rings is 2. The number of methoxy groups -OCH3 is 1. The predicted molar refractivity (Wildman–Crippen MR) is 82.1 cm³/mol. The number of rotatable bonds is 4. The molecule has 2 aromatic carbocycles. The summed E-state index contributed by atoms with van der Waals surface area (Å²) >= 11 is 0. The van der Waals surface area contributed by atoms with Crippen molar-refractivity contribution < 1.29 is 4.74 Å². The van der Waals surface area contributed by atoms with Crippen molar-refractivity contribution in [2.24, 2.45) is 0 Å². The molecule has 0 radical (unpaired) electrons. The first-order valence-corrected chi connectivity index (χ1v) is 6.57. The van der Waals surface area contributed by atoms with E-state index in [-0.39, 0.29) is 0 Å². The predicted octanol–water partition coefficient (Wildman–Crippen LogP) is 3.86. The number of nitrogens with one attached hydrogen (secondary N) is 1. The van der Waals surface area contributed by atoms with Crippen molar-refractivity contribution in [2.45, 2.75) is 6.54 Å². The van der Waals surface area contributed by atoms with E-state index in [1.807, 2.05) is 48.7 Å². The molecular formula is C17H16N2O. The van der Waals surface area contributed by atoms with Gasteiger partial charge in [0, 0.05) is 29.9 Å². The molecule has 0 aliphatic heterocycles. The molecule has 100 valence electrons. The summed E-state index contributed by atoms with van der Waals surface area (Å²) in [6.07, 6.45) is 1.85. The van der Waals surface area contributed by atoms with E-state index in [0.717, 1.165) is 23.5 Å². The number of para-hydroxylation sites is 1. The number of anilines is 1. The zero-order valence-corrected chi connectivity index (χ0v) is 11.3. The van der Waals surface area contributed by atoms with Crippen LogP contribution in [0.4, 0.5) is 5.69 Å². The monoisotopic (exact) mass is 264 g/mol. The Kier molecular flexibility index (Phi) is 3.50. The molecule has 1 heterocycles. The fourth-order valence-electron chi connectivity index (χ4n) is 2.24. The van der Waals surface area contributed by atoms with Gasteiger partial charge in [0.2, 0.25) is 0 Å². The van der Waals surface area contributed by atoms with Gasteiger partial charge >= 0.3 is 0 Å². The molecular weight excluding hydrogens is 248 g/mol. The molecule has 20 heavy (non-hydrogen) atoms. The van der Waals surface area contributed by atoms with Gasteiger partial charge in [0.25, 0.3) is 0 Å². The molecule has 0 saturated carbocycles. The minimum atomic E-state index is 0.760. The van der Waals surface area contributed by atoms with Crippen LogP contribution in [-0.2, 0) is 6.54 Å². The van der Waals surface area contributed by atoms with Gasteiger partial charge in [-0.05, 0) is 29.8 Å². The lowest BCUT2D eigenvalue weighted by atomic mass is 10.1. The standard InChI is InChI=1S/C17H16N2O/c1-20-15-6-4-5-14(11-15)19-12-13-9-10-18-17-8-3-2-7-16(13)17/h2-11,19H,12H2,1H3. The molecule has 0 amide bonds. The first-order valence-electron chi connectivity index (χ1n) is 6.57. The fraction of sp³-hybridized carbons (Fsp3) is 0.118. The van der Waals surface area contributed by atoms with Crippen molar-refractivity contribution >= 4 is 16.6 Å². The number of fused-ring (bicyclic) bond motifs is 1. The van der Waals surface area contributed by atoms with Gasteiger partial charge in [0.15, 0.2) is 0 Å². The highest BCUT2D eigenvalue weighted by Gasteiger charge is 2.01. The normalized spacial score (nSPS) is 10.4. The third-order valence-electron chi connectivity index (χ3n) is 3.29. The van der Waals surface area contributed by atoms with E-state index in [1.54, 1.807) is 7.11 Å². The van der Waals surface area contributed by atoms with Gasteiger partial charge in [0.1, 0.15) is 5.75 Å². The second kappa shape index (κ2) is 5.61. The molecule has 0 saturated heterocycles.